The third kappa shape index (κ3) is 5.53. The van der Waals surface area contributed by atoms with E-state index < -0.39 is 5.92 Å². The Balaban J connectivity index is 1.97. The van der Waals surface area contributed by atoms with Crippen molar-refractivity contribution >= 4 is 23.4 Å². The van der Waals surface area contributed by atoms with Crippen molar-refractivity contribution in [2.24, 2.45) is 11.8 Å². The van der Waals surface area contributed by atoms with Gasteiger partial charge in [-0.1, -0.05) is 31.5 Å². The maximum atomic E-state index is 13.2. The van der Waals surface area contributed by atoms with E-state index in [1.165, 1.54) is 0 Å². The van der Waals surface area contributed by atoms with Gasteiger partial charge in [-0.15, -0.1) is 0 Å². The summed E-state index contributed by atoms with van der Waals surface area (Å²) >= 11 is 6.09. The van der Waals surface area contributed by atoms with Gasteiger partial charge in [0.25, 0.3) is 5.91 Å². The van der Waals surface area contributed by atoms with E-state index in [4.69, 9.17) is 25.8 Å². The van der Waals surface area contributed by atoms with Crippen molar-refractivity contribution in [3.8, 4) is 17.2 Å². The molecule has 0 spiro atoms. The molecule has 178 valence electrons. The summed E-state index contributed by atoms with van der Waals surface area (Å²) in [7, 11) is 4.65. The minimum atomic E-state index is -0.422. The van der Waals surface area contributed by atoms with Crippen LogP contribution in [0.2, 0.25) is 5.02 Å². The van der Waals surface area contributed by atoms with Gasteiger partial charge in [0.05, 0.1) is 27.2 Å². The first kappa shape index (κ1) is 24.7. The van der Waals surface area contributed by atoms with Gasteiger partial charge >= 0.3 is 0 Å². The molecule has 0 aromatic heterocycles. The number of nitrogens with one attached hydrogen (secondary N) is 1. The van der Waals surface area contributed by atoms with Gasteiger partial charge in [0.2, 0.25) is 11.7 Å². The second-order valence-electron chi connectivity index (χ2n) is 8.53. The van der Waals surface area contributed by atoms with Crippen LogP contribution in [0.5, 0.6) is 17.2 Å². The summed E-state index contributed by atoms with van der Waals surface area (Å²) in [5.74, 6) is 0.913. The number of nitrogens with zero attached hydrogens (tertiary/aromatic N) is 1. The molecule has 1 heterocycles. The lowest BCUT2D eigenvalue weighted by Gasteiger charge is -2.21. The Morgan fingerprint density at radius 1 is 1.06 bits per heavy atom. The molecule has 1 aliphatic rings. The number of carbonyl (C=O) groups excluding carboxylic acids is 2. The predicted octanol–water partition coefficient (Wildman–Crippen LogP) is 3.99. The Morgan fingerprint density at radius 3 is 2.27 bits per heavy atom. The van der Waals surface area contributed by atoms with Crippen LogP contribution in [0.3, 0.4) is 0 Å². The van der Waals surface area contributed by atoms with E-state index in [-0.39, 0.29) is 17.7 Å². The predicted molar refractivity (Wildman–Crippen MR) is 128 cm³/mol. The van der Waals surface area contributed by atoms with Gasteiger partial charge in [0.15, 0.2) is 11.5 Å². The average Bonchev–Trinajstić information content (AvgIpc) is 3.26. The summed E-state index contributed by atoms with van der Waals surface area (Å²) in [5, 5.41) is 3.52. The smallest absolute Gasteiger partial charge is 0.253 e. The fourth-order valence-electron chi connectivity index (χ4n) is 4.13. The summed E-state index contributed by atoms with van der Waals surface area (Å²) in [5.41, 5.74) is 1.34. The number of rotatable bonds is 8. The molecule has 3 rings (SSSR count). The second kappa shape index (κ2) is 10.8. The number of ether oxygens (including phenoxy) is 3. The number of hydrogen-bond donors (Lipinski definition) is 1. The Labute approximate surface area is 200 Å². The Kier molecular flexibility index (Phi) is 8.08. The van der Waals surface area contributed by atoms with Gasteiger partial charge in [0.1, 0.15) is 0 Å². The number of amides is 2. The average molecular weight is 475 g/mol. The van der Waals surface area contributed by atoms with Gasteiger partial charge in [0, 0.05) is 36.1 Å². The fourth-order valence-corrected chi connectivity index (χ4v) is 4.32. The molecular weight excluding hydrogens is 444 g/mol. The van der Waals surface area contributed by atoms with Crippen molar-refractivity contribution < 1.29 is 23.8 Å². The molecule has 2 atom stereocenters. The monoisotopic (exact) mass is 474 g/mol. The Morgan fingerprint density at radius 2 is 1.73 bits per heavy atom. The van der Waals surface area contributed by atoms with Crippen LogP contribution in [0, 0.1) is 11.8 Å². The van der Waals surface area contributed by atoms with E-state index >= 15 is 0 Å². The largest absolute Gasteiger partial charge is 0.493 e. The summed E-state index contributed by atoms with van der Waals surface area (Å²) in [6.07, 6.45) is 0. The highest BCUT2D eigenvalue weighted by molar-refractivity contribution is 6.30. The Bertz CT molecular complexity index is 985. The van der Waals surface area contributed by atoms with Crippen LogP contribution in [0.4, 0.5) is 0 Å². The van der Waals surface area contributed by atoms with E-state index in [2.05, 4.69) is 5.32 Å². The molecule has 7 nitrogen and oxygen atoms in total. The maximum Gasteiger partial charge on any atom is 0.253 e. The molecule has 0 unspecified atom stereocenters. The molecular formula is C25H31ClN2O5. The summed E-state index contributed by atoms with van der Waals surface area (Å²) < 4.78 is 16.5. The molecule has 2 aromatic carbocycles. The summed E-state index contributed by atoms with van der Waals surface area (Å²) in [6.45, 7) is 5.33. The quantitative estimate of drug-likeness (QED) is 0.626. The van der Waals surface area contributed by atoms with Crippen LogP contribution in [0.1, 0.15) is 35.7 Å². The number of methoxy groups -OCH3 is 3. The van der Waals surface area contributed by atoms with Gasteiger partial charge in [-0.05, 0) is 41.8 Å². The van der Waals surface area contributed by atoms with E-state index in [9.17, 15) is 9.59 Å². The van der Waals surface area contributed by atoms with Crippen molar-refractivity contribution in [3.63, 3.8) is 0 Å². The van der Waals surface area contributed by atoms with E-state index in [0.717, 1.165) is 5.56 Å². The van der Waals surface area contributed by atoms with Crippen molar-refractivity contribution in [2.45, 2.75) is 19.8 Å². The first-order valence-corrected chi connectivity index (χ1v) is 11.3. The highest BCUT2D eigenvalue weighted by Gasteiger charge is 2.41. The molecule has 1 fully saturated rings. The molecule has 0 bridgehead atoms. The zero-order chi connectivity index (χ0) is 24.1. The third-order valence-corrected chi connectivity index (χ3v) is 6.05. The zero-order valence-electron chi connectivity index (χ0n) is 19.7. The van der Waals surface area contributed by atoms with Crippen LogP contribution < -0.4 is 19.5 Å². The molecule has 8 heteroatoms. The third-order valence-electron chi connectivity index (χ3n) is 5.82. The van der Waals surface area contributed by atoms with E-state index in [1.807, 2.05) is 26.0 Å². The Hall–Kier alpha value is -2.93. The maximum absolute atomic E-state index is 13.2. The molecule has 0 saturated carbocycles. The van der Waals surface area contributed by atoms with Gasteiger partial charge in [-0.25, -0.2) is 0 Å². The van der Waals surface area contributed by atoms with Gasteiger partial charge < -0.3 is 24.4 Å². The number of halogens is 1. The molecule has 1 N–H and O–H groups in total. The lowest BCUT2D eigenvalue weighted by Crippen LogP contribution is -2.37. The van der Waals surface area contributed by atoms with Crippen molar-refractivity contribution in [3.05, 3.63) is 52.5 Å². The van der Waals surface area contributed by atoms with Crippen LogP contribution in [-0.4, -0.2) is 57.7 Å². The highest BCUT2D eigenvalue weighted by Crippen LogP contribution is 2.43. The first-order valence-electron chi connectivity index (χ1n) is 10.9. The van der Waals surface area contributed by atoms with Gasteiger partial charge in [-0.3, -0.25) is 9.59 Å². The molecule has 2 aromatic rings. The van der Waals surface area contributed by atoms with E-state index in [0.29, 0.717) is 53.4 Å². The van der Waals surface area contributed by atoms with Crippen molar-refractivity contribution in [1.82, 2.24) is 10.2 Å². The number of carbonyl (C=O) groups is 2. The van der Waals surface area contributed by atoms with Crippen LogP contribution in [0.15, 0.2) is 36.4 Å². The van der Waals surface area contributed by atoms with Crippen LogP contribution in [0.25, 0.3) is 0 Å². The SMILES string of the molecule is COc1cc([C@@H]2CN(C(=O)c3cccc(Cl)c3)C[C@@H]2C(=O)NCC(C)C)cc(OC)c1OC. The number of hydrogen-bond acceptors (Lipinski definition) is 5. The molecule has 1 saturated heterocycles. The number of benzene rings is 2. The van der Waals surface area contributed by atoms with Crippen LogP contribution >= 0.6 is 11.6 Å². The highest BCUT2D eigenvalue weighted by atomic mass is 35.5. The molecule has 1 aliphatic heterocycles. The minimum Gasteiger partial charge on any atom is -0.493 e. The number of likely N-dealkylation sites (tertiary alicyclic amines) is 1. The minimum absolute atomic E-state index is 0.0798. The summed E-state index contributed by atoms with van der Waals surface area (Å²) in [4.78, 5) is 28.1. The lowest BCUT2D eigenvalue weighted by atomic mass is 9.87. The topological polar surface area (TPSA) is 77.1 Å². The van der Waals surface area contributed by atoms with Gasteiger partial charge in [-0.2, -0.15) is 0 Å². The first-order chi connectivity index (χ1) is 15.8. The van der Waals surface area contributed by atoms with Crippen molar-refractivity contribution in [2.75, 3.05) is 41.0 Å². The van der Waals surface area contributed by atoms with Crippen molar-refractivity contribution in [1.29, 1.82) is 0 Å². The second-order valence-corrected chi connectivity index (χ2v) is 8.97. The summed E-state index contributed by atoms with van der Waals surface area (Å²) in [6, 6.07) is 10.5. The molecule has 0 aliphatic carbocycles. The lowest BCUT2D eigenvalue weighted by molar-refractivity contribution is -0.125. The zero-order valence-corrected chi connectivity index (χ0v) is 20.4. The van der Waals surface area contributed by atoms with E-state index in [1.54, 1.807) is 50.5 Å². The van der Waals surface area contributed by atoms with Crippen LogP contribution in [-0.2, 0) is 4.79 Å². The molecule has 0 radical (unpaired) electrons. The standard InChI is InChI=1S/C25H31ClN2O5/c1-15(2)12-27-24(29)20-14-28(25(30)16-7-6-8-18(26)9-16)13-19(20)17-10-21(31-3)23(33-5)22(11-17)32-4/h6-11,15,19-20H,12-14H2,1-5H3,(H,27,29)/t19-,20-/m0/s1. The normalized spacial score (nSPS) is 17.7. The fraction of sp³-hybridized carbons (Fsp3) is 0.440. The molecule has 2 amide bonds. The molecule has 33 heavy (non-hydrogen) atoms.